The Morgan fingerprint density at radius 1 is 1.33 bits per heavy atom. The molecule has 1 rings (SSSR count). The van der Waals surface area contributed by atoms with Gasteiger partial charge in [-0.3, -0.25) is 0 Å². The summed E-state index contributed by atoms with van der Waals surface area (Å²) < 4.78 is 71.1. The van der Waals surface area contributed by atoms with Crippen molar-refractivity contribution >= 4 is 17.5 Å². The van der Waals surface area contributed by atoms with E-state index < -0.39 is 51.6 Å². The third-order valence-electron chi connectivity index (χ3n) is 2.92. The second-order valence-electron chi connectivity index (χ2n) is 6.02. The first-order valence-corrected chi connectivity index (χ1v) is 7.94. The third-order valence-corrected chi connectivity index (χ3v) is 4.60. The van der Waals surface area contributed by atoms with Gasteiger partial charge in [0.15, 0.2) is 11.6 Å². The van der Waals surface area contributed by atoms with E-state index in [4.69, 9.17) is 5.73 Å². The summed E-state index contributed by atoms with van der Waals surface area (Å²) in [6.45, 7) is 6.48. The molecule has 10 heteroatoms. The van der Waals surface area contributed by atoms with Gasteiger partial charge >= 0.3 is 12.3 Å². The number of hydrogen-bond donors (Lipinski definition) is 2. The molecule has 0 saturated heterocycles. The molecule has 0 aromatic heterocycles. The van der Waals surface area contributed by atoms with Gasteiger partial charge < -0.3 is 15.0 Å². The highest BCUT2D eigenvalue weighted by Crippen LogP contribution is 2.37. The van der Waals surface area contributed by atoms with Gasteiger partial charge in [0.2, 0.25) is 0 Å². The van der Waals surface area contributed by atoms with Crippen LogP contribution >= 0.6 is 0 Å². The number of hydrogen-bond acceptors (Lipinski definition) is 4. The average Bonchev–Trinajstić information content (AvgIpc) is 2.37. The predicted octanol–water partition coefficient (Wildman–Crippen LogP) is 3.41. The van der Waals surface area contributed by atoms with Crippen LogP contribution in [0.2, 0.25) is 0 Å². The predicted molar refractivity (Wildman–Crippen MR) is 81.1 cm³/mol. The fourth-order valence-electron chi connectivity index (χ4n) is 1.66. The van der Waals surface area contributed by atoms with Crippen LogP contribution in [0.25, 0.3) is 0 Å². The molecular formula is C14H18F4N2O3S. The zero-order chi connectivity index (χ0) is 18.9. The highest BCUT2D eigenvalue weighted by molar-refractivity contribution is 7.90. The number of amides is 1. The normalized spacial score (nSPS) is 15.0. The Morgan fingerprint density at radius 3 is 2.29 bits per heavy atom. The molecule has 0 fully saturated rings. The van der Waals surface area contributed by atoms with E-state index in [1.807, 2.05) is 0 Å². The van der Waals surface area contributed by atoms with Gasteiger partial charge in [-0.05, 0) is 45.4 Å². The number of carbonyl (C=O) groups is 1. The Morgan fingerprint density at radius 2 is 1.88 bits per heavy atom. The summed E-state index contributed by atoms with van der Waals surface area (Å²) >= 11 is -1.58. The van der Waals surface area contributed by atoms with Gasteiger partial charge in [0.05, 0.1) is 11.6 Å². The van der Waals surface area contributed by atoms with Crippen molar-refractivity contribution in [3.8, 4) is 5.75 Å². The second-order valence-corrected chi connectivity index (χ2v) is 8.02. The Bertz CT molecular complexity index is 617. The molecule has 0 spiro atoms. The molecule has 0 aliphatic rings. The molecule has 0 aliphatic heterocycles. The van der Waals surface area contributed by atoms with Crippen molar-refractivity contribution in [2.45, 2.75) is 44.7 Å². The highest BCUT2D eigenvalue weighted by Gasteiger charge is 2.37. The molecule has 0 saturated carbocycles. The summed E-state index contributed by atoms with van der Waals surface area (Å²) in [6.07, 6.45) is -6.45. The van der Waals surface area contributed by atoms with Crippen LogP contribution in [0.15, 0.2) is 12.1 Å². The van der Waals surface area contributed by atoms with Gasteiger partial charge in [-0.2, -0.15) is 13.2 Å². The van der Waals surface area contributed by atoms with Crippen LogP contribution in [0.5, 0.6) is 5.75 Å². The number of nitrogens with two attached hydrogens (primary N) is 1. The van der Waals surface area contributed by atoms with E-state index in [0.29, 0.717) is 6.07 Å². The van der Waals surface area contributed by atoms with Crippen LogP contribution in [0.1, 0.15) is 44.9 Å². The first kappa shape index (κ1) is 20.5. The first-order chi connectivity index (χ1) is 10.7. The molecule has 1 aromatic rings. The molecule has 0 heterocycles. The van der Waals surface area contributed by atoms with Crippen LogP contribution < -0.4 is 15.2 Å². The van der Waals surface area contributed by atoms with Crippen LogP contribution in [0.4, 0.5) is 22.4 Å². The largest absolute Gasteiger partial charge is 0.598 e. The topological polar surface area (TPSA) is 87.4 Å². The molecule has 0 aliphatic carbocycles. The lowest BCUT2D eigenvalue weighted by Gasteiger charge is -2.27. The summed E-state index contributed by atoms with van der Waals surface area (Å²) in [6, 6.07) is 0.648. The molecule has 1 aromatic carbocycles. The second kappa shape index (κ2) is 7.16. The standard InChI is InChI=1S/C14H18F4N2O3S/c1-7(20-24(22)13(2,3)4)8-5-9(14(16,17)18)11(15)10(6-8)23-12(19)21/h5-7,20H,1-4H3,(H2,19,21)/t7-,24-/m1/s1. The Kier molecular flexibility index (Phi) is 6.12. The number of ether oxygens (including phenoxy) is 1. The fraction of sp³-hybridized carbons (Fsp3) is 0.500. The van der Waals surface area contributed by atoms with E-state index in [9.17, 15) is 26.9 Å². The minimum absolute atomic E-state index is 0.0578. The fourth-order valence-corrected chi connectivity index (χ4v) is 2.47. The molecule has 5 nitrogen and oxygen atoms in total. The van der Waals surface area contributed by atoms with Gasteiger partial charge in [-0.25, -0.2) is 9.18 Å². The maximum atomic E-state index is 13.9. The van der Waals surface area contributed by atoms with Crippen molar-refractivity contribution in [2.24, 2.45) is 5.73 Å². The number of alkyl halides is 3. The summed E-state index contributed by atoms with van der Waals surface area (Å²) in [5, 5.41) is 0. The van der Waals surface area contributed by atoms with E-state index in [2.05, 4.69) is 9.46 Å². The van der Waals surface area contributed by atoms with E-state index in [-0.39, 0.29) is 5.56 Å². The smallest absolute Gasteiger partial charge is 0.419 e. The number of rotatable bonds is 4. The number of halogens is 4. The van der Waals surface area contributed by atoms with Gasteiger partial charge in [-0.15, -0.1) is 4.72 Å². The lowest BCUT2D eigenvalue weighted by atomic mass is 10.0. The van der Waals surface area contributed by atoms with Gasteiger partial charge in [0.1, 0.15) is 4.75 Å². The van der Waals surface area contributed by atoms with Crippen LogP contribution in [-0.2, 0) is 17.5 Å². The number of benzene rings is 1. The van der Waals surface area contributed by atoms with E-state index in [1.165, 1.54) is 6.92 Å². The maximum absolute atomic E-state index is 13.9. The van der Waals surface area contributed by atoms with Gasteiger partial charge in [0, 0.05) is 11.4 Å². The SMILES string of the molecule is C[C@@H](N[S@+]([O-])C(C)(C)C)c1cc(OC(N)=O)c(F)c(C(F)(F)F)c1. The van der Waals surface area contributed by atoms with Crippen LogP contribution in [0, 0.1) is 5.82 Å². The van der Waals surface area contributed by atoms with Crippen molar-refractivity contribution in [3.05, 3.63) is 29.1 Å². The third kappa shape index (κ3) is 5.25. The van der Waals surface area contributed by atoms with E-state index in [0.717, 1.165) is 6.07 Å². The molecule has 136 valence electrons. The lowest BCUT2D eigenvalue weighted by Crippen LogP contribution is -2.40. The Hall–Kier alpha value is -1.52. The van der Waals surface area contributed by atoms with Crippen molar-refractivity contribution in [2.75, 3.05) is 0 Å². The van der Waals surface area contributed by atoms with Crippen molar-refractivity contribution in [1.82, 2.24) is 4.72 Å². The Balaban J connectivity index is 3.30. The zero-order valence-corrected chi connectivity index (χ0v) is 14.3. The molecule has 3 N–H and O–H groups in total. The van der Waals surface area contributed by atoms with E-state index in [1.54, 1.807) is 20.8 Å². The monoisotopic (exact) mass is 370 g/mol. The van der Waals surface area contributed by atoms with Gasteiger partial charge in [-0.1, -0.05) is 0 Å². The minimum Gasteiger partial charge on any atom is -0.598 e. The summed E-state index contributed by atoms with van der Waals surface area (Å²) in [5.41, 5.74) is 3.08. The summed E-state index contributed by atoms with van der Waals surface area (Å²) in [7, 11) is 0. The Labute approximate surface area is 139 Å². The quantitative estimate of drug-likeness (QED) is 0.628. The van der Waals surface area contributed by atoms with Crippen LogP contribution in [-0.4, -0.2) is 15.4 Å². The number of carbonyl (C=O) groups excluding carboxylic acids is 1. The molecule has 0 radical (unpaired) electrons. The molecule has 1 amide bonds. The molecule has 0 unspecified atom stereocenters. The highest BCUT2D eigenvalue weighted by atomic mass is 32.2. The summed E-state index contributed by atoms with van der Waals surface area (Å²) in [5.74, 6) is -2.68. The first-order valence-electron chi connectivity index (χ1n) is 6.79. The number of primary amides is 1. The molecule has 0 bridgehead atoms. The maximum Gasteiger partial charge on any atom is 0.419 e. The van der Waals surface area contributed by atoms with Crippen LogP contribution in [0.3, 0.4) is 0 Å². The number of nitrogens with one attached hydrogen (secondary N) is 1. The molecular weight excluding hydrogens is 352 g/mol. The van der Waals surface area contributed by atoms with Crippen molar-refractivity contribution in [1.29, 1.82) is 0 Å². The van der Waals surface area contributed by atoms with Crippen molar-refractivity contribution in [3.63, 3.8) is 0 Å². The van der Waals surface area contributed by atoms with E-state index >= 15 is 0 Å². The van der Waals surface area contributed by atoms with Crippen molar-refractivity contribution < 1.29 is 31.6 Å². The van der Waals surface area contributed by atoms with Gasteiger partial charge in [0.25, 0.3) is 0 Å². The summed E-state index contributed by atoms with van der Waals surface area (Å²) in [4.78, 5) is 10.8. The zero-order valence-electron chi connectivity index (χ0n) is 13.5. The average molecular weight is 370 g/mol. The molecule has 24 heavy (non-hydrogen) atoms. The molecule has 2 atom stereocenters. The lowest BCUT2D eigenvalue weighted by molar-refractivity contribution is -0.140. The minimum atomic E-state index is -5.00.